The summed E-state index contributed by atoms with van der Waals surface area (Å²) < 4.78 is 5.34. The molecule has 0 aliphatic carbocycles. The Morgan fingerprint density at radius 1 is 1.38 bits per heavy atom. The molecule has 0 aliphatic rings. The number of carbonyl (C=O) groups excluding carboxylic acids is 2. The van der Waals surface area contributed by atoms with Crippen LogP contribution in [0.4, 0.5) is 0 Å². The fourth-order valence-electron chi connectivity index (χ4n) is 1.28. The van der Waals surface area contributed by atoms with Crippen molar-refractivity contribution in [2.75, 3.05) is 6.61 Å². The van der Waals surface area contributed by atoms with Gasteiger partial charge in [0.05, 0.1) is 12.3 Å². The second-order valence-electron chi connectivity index (χ2n) is 4.85. The normalized spacial score (nSPS) is 12.6. The lowest BCUT2D eigenvalue weighted by molar-refractivity contribution is -0.180. The van der Waals surface area contributed by atoms with Gasteiger partial charge in [-0.1, -0.05) is 13.8 Å². The second-order valence-corrected chi connectivity index (χ2v) is 4.85. The zero-order valence-corrected chi connectivity index (χ0v) is 12.4. The molecule has 1 N–H and O–H groups in total. The van der Waals surface area contributed by atoms with Gasteiger partial charge in [-0.05, 0) is 31.1 Å². The maximum atomic E-state index is 11.5. The highest BCUT2D eigenvalue weighted by Gasteiger charge is 2.05. The largest absolute Gasteiger partial charge is 0.350 e. The van der Waals surface area contributed by atoms with E-state index in [-0.39, 0.29) is 0 Å². The fourth-order valence-corrected chi connectivity index (χ4v) is 1.28. The van der Waals surface area contributed by atoms with Crippen LogP contribution in [0.15, 0.2) is 24.4 Å². The second kappa shape index (κ2) is 8.99. The van der Waals surface area contributed by atoms with Gasteiger partial charge in [-0.2, -0.15) is 0 Å². The van der Waals surface area contributed by atoms with Crippen LogP contribution in [0.1, 0.15) is 36.8 Å². The summed E-state index contributed by atoms with van der Waals surface area (Å²) in [6, 6.07) is 3.26. The third kappa shape index (κ3) is 7.34. The van der Waals surface area contributed by atoms with Gasteiger partial charge in [0.25, 0.3) is 5.91 Å². The van der Waals surface area contributed by atoms with Gasteiger partial charge < -0.3 is 4.74 Å². The number of hydroxylamine groups is 1. The molecule has 1 unspecified atom stereocenters. The Kier molecular flexibility index (Phi) is 7.28. The van der Waals surface area contributed by atoms with Gasteiger partial charge in [-0.25, -0.2) is 10.3 Å². The van der Waals surface area contributed by atoms with Crippen molar-refractivity contribution in [3.05, 3.63) is 35.7 Å². The third-order valence-corrected chi connectivity index (χ3v) is 2.34. The zero-order chi connectivity index (χ0) is 15.7. The van der Waals surface area contributed by atoms with Crippen LogP contribution in [0.3, 0.4) is 0 Å². The van der Waals surface area contributed by atoms with E-state index in [1.54, 1.807) is 19.1 Å². The number of hydrogen-bond donors (Lipinski definition) is 1. The Balaban J connectivity index is 2.35. The van der Waals surface area contributed by atoms with Gasteiger partial charge in [-0.15, -0.1) is 0 Å². The van der Waals surface area contributed by atoms with E-state index in [2.05, 4.69) is 10.5 Å². The lowest BCUT2D eigenvalue weighted by Crippen LogP contribution is -2.29. The van der Waals surface area contributed by atoms with E-state index in [1.165, 1.54) is 18.3 Å². The van der Waals surface area contributed by atoms with Gasteiger partial charge in [0.2, 0.25) is 0 Å². The Labute approximate surface area is 124 Å². The number of ether oxygens (including phenoxy) is 1. The number of amides is 1. The number of aromatic nitrogens is 1. The van der Waals surface area contributed by atoms with Crippen molar-refractivity contribution in [1.29, 1.82) is 0 Å². The highest BCUT2D eigenvalue weighted by Crippen LogP contribution is 2.00. The van der Waals surface area contributed by atoms with Crippen molar-refractivity contribution >= 4 is 18.3 Å². The quantitative estimate of drug-likeness (QED) is 0.343. The van der Waals surface area contributed by atoms with Gasteiger partial charge in [0, 0.05) is 17.8 Å². The minimum atomic E-state index is -0.519. The van der Waals surface area contributed by atoms with Crippen LogP contribution in [0, 0.1) is 5.92 Å². The minimum Gasteiger partial charge on any atom is -0.350 e. The SMILES string of the molecule is CC(C)COC(C)ONC(=O)/C=C/c1ccc(C=O)cn1. The summed E-state index contributed by atoms with van der Waals surface area (Å²) in [6.45, 7) is 6.31. The molecule has 0 aromatic carbocycles. The van der Waals surface area contributed by atoms with E-state index < -0.39 is 12.2 Å². The molecule has 21 heavy (non-hydrogen) atoms. The standard InChI is InChI=1S/C15H20N2O4/c1-11(2)10-20-12(3)21-17-15(19)7-6-14-5-4-13(9-18)8-16-14/h4-9,11-12H,10H2,1-3H3,(H,17,19)/b7-6+. The van der Waals surface area contributed by atoms with Gasteiger partial charge in [0.15, 0.2) is 12.6 Å². The maximum absolute atomic E-state index is 11.5. The molecule has 0 aliphatic heterocycles. The summed E-state index contributed by atoms with van der Waals surface area (Å²) in [5, 5.41) is 0. The summed E-state index contributed by atoms with van der Waals surface area (Å²) >= 11 is 0. The lowest BCUT2D eigenvalue weighted by Gasteiger charge is -2.14. The maximum Gasteiger partial charge on any atom is 0.267 e. The average Bonchev–Trinajstić information content (AvgIpc) is 2.49. The number of nitrogens with one attached hydrogen (secondary N) is 1. The number of carbonyl (C=O) groups is 2. The predicted molar refractivity (Wildman–Crippen MR) is 78.1 cm³/mol. The first-order valence-electron chi connectivity index (χ1n) is 6.67. The molecule has 6 heteroatoms. The van der Waals surface area contributed by atoms with Crippen LogP contribution in [0.5, 0.6) is 0 Å². The molecule has 1 aromatic heterocycles. The molecule has 0 fully saturated rings. The molecule has 0 bridgehead atoms. The highest BCUT2D eigenvalue weighted by atomic mass is 16.8. The first-order chi connectivity index (χ1) is 10.0. The number of nitrogens with zero attached hydrogens (tertiary/aromatic N) is 1. The van der Waals surface area contributed by atoms with Gasteiger partial charge >= 0.3 is 0 Å². The minimum absolute atomic E-state index is 0.395. The zero-order valence-electron chi connectivity index (χ0n) is 12.4. The topological polar surface area (TPSA) is 77.5 Å². The molecule has 0 radical (unpaired) electrons. The molecule has 1 rings (SSSR count). The van der Waals surface area contributed by atoms with Crippen LogP contribution < -0.4 is 5.48 Å². The molecule has 0 spiro atoms. The molecule has 1 atom stereocenters. The summed E-state index contributed by atoms with van der Waals surface area (Å²) in [5.74, 6) is -0.0247. The van der Waals surface area contributed by atoms with Crippen LogP contribution in [-0.2, 0) is 14.4 Å². The highest BCUT2D eigenvalue weighted by molar-refractivity contribution is 5.90. The molecular formula is C15H20N2O4. The molecule has 6 nitrogen and oxygen atoms in total. The van der Waals surface area contributed by atoms with Gasteiger partial charge in [-0.3, -0.25) is 14.6 Å². The molecule has 1 heterocycles. The Bertz CT molecular complexity index is 483. The predicted octanol–water partition coefficient (Wildman–Crippen LogP) is 1.97. The first kappa shape index (κ1) is 17.0. The Morgan fingerprint density at radius 3 is 2.71 bits per heavy atom. The van der Waals surface area contributed by atoms with E-state index in [9.17, 15) is 9.59 Å². The van der Waals surface area contributed by atoms with Crippen molar-refractivity contribution in [2.24, 2.45) is 5.92 Å². The van der Waals surface area contributed by atoms with Crippen molar-refractivity contribution in [2.45, 2.75) is 27.1 Å². The lowest BCUT2D eigenvalue weighted by atomic mass is 10.2. The van der Waals surface area contributed by atoms with E-state index in [1.807, 2.05) is 13.8 Å². The molecule has 0 saturated carbocycles. The monoisotopic (exact) mass is 292 g/mol. The summed E-state index contributed by atoms with van der Waals surface area (Å²) in [7, 11) is 0. The van der Waals surface area contributed by atoms with Crippen LogP contribution in [0.2, 0.25) is 0 Å². The van der Waals surface area contributed by atoms with Crippen molar-refractivity contribution in [3.63, 3.8) is 0 Å². The van der Waals surface area contributed by atoms with E-state index in [0.29, 0.717) is 30.1 Å². The van der Waals surface area contributed by atoms with Crippen LogP contribution in [0.25, 0.3) is 6.08 Å². The number of pyridine rings is 1. The van der Waals surface area contributed by atoms with Crippen molar-refractivity contribution < 1.29 is 19.2 Å². The molecule has 1 amide bonds. The number of aldehydes is 1. The summed E-state index contributed by atoms with van der Waals surface area (Å²) in [4.78, 5) is 31.0. The number of hydrogen-bond acceptors (Lipinski definition) is 5. The molecular weight excluding hydrogens is 272 g/mol. The fraction of sp³-hybridized carbons (Fsp3) is 0.400. The average molecular weight is 292 g/mol. The summed E-state index contributed by atoms with van der Waals surface area (Å²) in [6.07, 6.45) is 4.43. The third-order valence-electron chi connectivity index (χ3n) is 2.34. The van der Waals surface area contributed by atoms with E-state index >= 15 is 0 Å². The first-order valence-corrected chi connectivity index (χ1v) is 6.67. The van der Waals surface area contributed by atoms with Crippen LogP contribution in [-0.4, -0.2) is 30.1 Å². The van der Waals surface area contributed by atoms with Crippen molar-refractivity contribution in [3.8, 4) is 0 Å². The molecule has 114 valence electrons. The van der Waals surface area contributed by atoms with E-state index in [4.69, 9.17) is 9.57 Å². The smallest absolute Gasteiger partial charge is 0.267 e. The Hall–Kier alpha value is -2.05. The molecule has 0 saturated heterocycles. The van der Waals surface area contributed by atoms with Crippen LogP contribution >= 0.6 is 0 Å². The van der Waals surface area contributed by atoms with Gasteiger partial charge in [0.1, 0.15) is 0 Å². The number of rotatable bonds is 8. The molecule has 1 aromatic rings. The Morgan fingerprint density at radius 2 is 2.14 bits per heavy atom. The van der Waals surface area contributed by atoms with E-state index in [0.717, 1.165) is 0 Å². The summed E-state index contributed by atoms with van der Waals surface area (Å²) in [5.41, 5.74) is 3.32. The van der Waals surface area contributed by atoms with Crippen molar-refractivity contribution in [1.82, 2.24) is 10.5 Å².